The fourth-order valence-corrected chi connectivity index (χ4v) is 1.44. The summed E-state index contributed by atoms with van der Waals surface area (Å²) in [5, 5.41) is 7.61. The molecule has 1 aromatic carbocycles. The van der Waals surface area contributed by atoms with Crippen molar-refractivity contribution in [3.8, 4) is 5.69 Å². The highest BCUT2D eigenvalue weighted by atomic mass is 16.2. The van der Waals surface area contributed by atoms with Crippen molar-refractivity contribution in [1.82, 2.24) is 20.4 Å². The van der Waals surface area contributed by atoms with E-state index in [2.05, 4.69) is 10.3 Å². The minimum atomic E-state index is -0.458. The number of nitrogens with one attached hydrogen (secondary N) is 1. The van der Waals surface area contributed by atoms with E-state index in [1.165, 1.54) is 16.4 Å². The monoisotopic (exact) mass is 231 g/mol. The van der Waals surface area contributed by atoms with Gasteiger partial charge in [-0.15, -0.1) is 5.10 Å². The maximum atomic E-state index is 11.2. The van der Waals surface area contributed by atoms with Crippen molar-refractivity contribution in [2.45, 2.75) is 13.8 Å². The van der Waals surface area contributed by atoms with Crippen LogP contribution in [0.4, 0.5) is 0 Å². The van der Waals surface area contributed by atoms with Crippen molar-refractivity contribution >= 4 is 5.91 Å². The van der Waals surface area contributed by atoms with Crippen molar-refractivity contribution < 1.29 is 4.79 Å². The predicted octanol–water partition coefficient (Wildman–Crippen LogP) is 0.488. The van der Waals surface area contributed by atoms with E-state index in [0.717, 1.165) is 11.3 Å². The van der Waals surface area contributed by atoms with Gasteiger partial charge in [-0.05, 0) is 37.1 Å². The molecule has 6 nitrogen and oxygen atoms in total. The number of nitrogen functional groups attached to an aromatic ring is 1. The molecule has 0 bridgehead atoms. The van der Waals surface area contributed by atoms with Crippen LogP contribution < -0.4 is 11.3 Å². The van der Waals surface area contributed by atoms with E-state index in [1.807, 2.05) is 37.5 Å². The number of amides is 1. The molecule has 0 aliphatic rings. The maximum Gasteiger partial charge on any atom is 0.287 e. The highest BCUT2D eigenvalue weighted by Crippen LogP contribution is 2.13. The van der Waals surface area contributed by atoms with Crippen LogP contribution in [-0.4, -0.2) is 20.9 Å². The van der Waals surface area contributed by atoms with Gasteiger partial charge in [0.2, 0.25) is 0 Å². The van der Waals surface area contributed by atoms with Crippen molar-refractivity contribution in [2.75, 3.05) is 0 Å². The minimum Gasteiger partial charge on any atom is -0.289 e. The van der Waals surface area contributed by atoms with E-state index < -0.39 is 5.91 Å². The second kappa shape index (κ2) is 4.34. The number of nitrogens with zero attached hydrogens (tertiary/aromatic N) is 3. The largest absolute Gasteiger partial charge is 0.289 e. The average molecular weight is 231 g/mol. The molecule has 0 fully saturated rings. The molecule has 0 radical (unpaired) electrons. The molecule has 0 atom stereocenters. The number of aryl methyl sites for hydroxylation is 2. The summed E-state index contributed by atoms with van der Waals surface area (Å²) in [4.78, 5) is 11.2. The highest BCUT2D eigenvalue weighted by molar-refractivity contribution is 5.91. The predicted molar refractivity (Wildman–Crippen MR) is 62.5 cm³/mol. The number of carbonyl (C=O) groups is 1. The summed E-state index contributed by atoms with van der Waals surface area (Å²) in [5.74, 6) is 4.56. The van der Waals surface area contributed by atoms with Gasteiger partial charge in [-0.25, -0.2) is 10.5 Å². The minimum absolute atomic E-state index is 0.186. The van der Waals surface area contributed by atoms with Gasteiger partial charge in [0.1, 0.15) is 0 Å². The molecule has 0 aliphatic carbocycles. The third-order valence-corrected chi connectivity index (χ3v) is 2.61. The van der Waals surface area contributed by atoms with Crippen LogP contribution in [0.1, 0.15) is 21.6 Å². The van der Waals surface area contributed by atoms with Crippen LogP contribution in [-0.2, 0) is 0 Å². The van der Waals surface area contributed by atoms with E-state index in [1.54, 1.807) is 0 Å². The van der Waals surface area contributed by atoms with Crippen LogP contribution in [0, 0.1) is 13.8 Å². The molecule has 17 heavy (non-hydrogen) atoms. The Morgan fingerprint density at radius 1 is 1.35 bits per heavy atom. The quantitative estimate of drug-likeness (QED) is 0.447. The van der Waals surface area contributed by atoms with Crippen LogP contribution in [0.2, 0.25) is 0 Å². The first-order valence-corrected chi connectivity index (χ1v) is 5.12. The van der Waals surface area contributed by atoms with E-state index in [-0.39, 0.29) is 5.69 Å². The molecule has 1 aromatic heterocycles. The van der Waals surface area contributed by atoms with Gasteiger partial charge in [0.05, 0.1) is 11.9 Å². The van der Waals surface area contributed by atoms with Gasteiger partial charge in [-0.2, -0.15) is 0 Å². The molecular weight excluding hydrogens is 218 g/mol. The van der Waals surface area contributed by atoms with Crippen molar-refractivity contribution in [2.24, 2.45) is 5.84 Å². The standard InChI is InChI=1S/C11H13N5O/c1-7-3-4-9(5-8(7)2)16-6-10(14-15-16)11(17)13-12/h3-6H,12H2,1-2H3,(H,13,17). The number of aromatic nitrogens is 3. The first kappa shape index (κ1) is 11.3. The summed E-state index contributed by atoms with van der Waals surface area (Å²) in [6.45, 7) is 4.05. The van der Waals surface area contributed by atoms with Gasteiger partial charge in [0, 0.05) is 0 Å². The summed E-state index contributed by atoms with van der Waals surface area (Å²) in [6, 6.07) is 5.89. The molecule has 2 aromatic rings. The smallest absolute Gasteiger partial charge is 0.287 e. The molecule has 1 heterocycles. The summed E-state index contributed by atoms with van der Waals surface area (Å²) < 4.78 is 1.54. The Morgan fingerprint density at radius 2 is 2.12 bits per heavy atom. The summed E-state index contributed by atoms with van der Waals surface area (Å²) in [6.07, 6.45) is 1.53. The molecule has 0 saturated heterocycles. The SMILES string of the molecule is Cc1ccc(-n2cc(C(=O)NN)nn2)cc1C. The normalized spacial score (nSPS) is 10.3. The third kappa shape index (κ3) is 2.16. The average Bonchev–Trinajstić information content (AvgIpc) is 2.81. The molecule has 1 amide bonds. The number of carbonyl (C=O) groups excluding carboxylic acids is 1. The van der Waals surface area contributed by atoms with E-state index in [9.17, 15) is 4.79 Å². The summed E-state index contributed by atoms with van der Waals surface area (Å²) >= 11 is 0. The number of rotatable bonds is 2. The first-order valence-electron chi connectivity index (χ1n) is 5.12. The molecule has 0 spiro atoms. The summed E-state index contributed by atoms with van der Waals surface area (Å²) in [5.41, 5.74) is 5.41. The molecule has 0 saturated carbocycles. The van der Waals surface area contributed by atoms with Crippen LogP contribution in [0.15, 0.2) is 24.4 Å². The van der Waals surface area contributed by atoms with Crippen molar-refractivity contribution in [3.05, 3.63) is 41.2 Å². The van der Waals surface area contributed by atoms with Crippen molar-refractivity contribution in [1.29, 1.82) is 0 Å². The number of hydrazine groups is 1. The van der Waals surface area contributed by atoms with Gasteiger partial charge in [-0.1, -0.05) is 11.3 Å². The Hall–Kier alpha value is -2.21. The molecule has 0 unspecified atom stereocenters. The van der Waals surface area contributed by atoms with Crippen LogP contribution in [0.5, 0.6) is 0 Å². The fourth-order valence-electron chi connectivity index (χ4n) is 1.44. The second-order valence-electron chi connectivity index (χ2n) is 3.79. The molecule has 3 N–H and O–H groups in total. The lowest BCUT2D eigenvalue weighted by Crippen LogP contribution is -2.30. The molecule has 2 rings (SSSR count). The Bertz CT molecular complexity index is 561. The Labute approximate surface area is 98.4 Å². The molecule has 0 aliphatic heterocycles. The molecule has 6 heteroatoms. The number of hydrogen-bond acceptors (Lipinski definition) is 4. The van der Waals surface area contributed by atoms with Crippen LogP contribution in [0.3, 0.4) is 0 Å². The first-order chi connectivity index (χ1) is 8.11. The zero-order valence-corrected chi connectivity index (χ0v) is 9.64. The topological polar surface area (TPSA) is 85.8 Å². The maximum absolute atomic E-state index is 11.2. The third-order valence-electron chi connectivity index (χ3n) is 2.61. The zero-order valence-electron chi connectivity index (χ0n) is 9.64. The summed E-state index contributed by atoms with van der Waals surface area (Å²) in [7, 11) is 0. The van der Waals surface area contributed by atoms with Gasteiger partial charge in [0.25, 0.3) is 5.91 Å². The lowest BCUT2D eigenvalue weighted by Gasteiger charge is -2.03. The zero-order chi connectivity index (χ0) is 12.4. The second-order valence-corrected chi connectivity index (χ2v) is 3.79. The van der Waals surface area contributed by atoms with E-state index in [0.29, 0.717) is 0 Å². The van der Waals surface area contributed by atoms with E-state index >= 15 is 0 Å². The fraction of sp³-hybridized carbons (Fsp3) is 0.182. The van der Waals surface area contributed by atoms with Gasteiger partial charge < -0.3 is 0 Å². The number of hydrogen-bond donors (Lipinski definition) is 2. The lowest BCUT2D eigenvalue weighted by molar-refractivity contribution is 0.0948. The Morgan fingerprint density at radius 3 is 2.76 bits per heavy atom. The van der Waals surface area contributed by atoms with Gasteiger partial charge in [-0.3, -0.25) is 10.2 Å². The highest BCUT2D eigenvalue weighted by Gasteiger charge is 2.09. The lowest BCUT2D eigenvalue weighted by atomic mass is 10.1. The number of benzene rings is 1. The Balaban J connectivity index is 2.37. The number of nitrogens with two attached hydrogens (primary N) is 1. The van der Waals surface area contributed by atoms with Crippen molar-refractivity contribution in [3.63, 3.8) is 0 Å². The van der Waals surface area contributed by atoms with Gasteiger partial charge >= 0.3 is 0 Å². The van der Waals surface area contributed by atoms with Gasteiger partial charge in [0.15, 0.2) is 5.69 Å². The Kier molecular flexibility index (Phi) is 2.88. The van der Waals surface area contributed by atoms with E-state index in [4.69, 9.17) is 5.84 Å². The van der Waals surface area contributed by atoms with Crippen LogP contribution >= 0.6 is 0 Å². The molecular formula is C11H13N5O. The van der Waals surface area contributed by atoms with Crippen LogP contribution in [0.25, 0.3) is 5.69 Å². The molecule has 88 valence electrons.